The van der Waals surface area contributed by atoms with Crippen LogP contribution in [0.25, 0.3) is 22.4 Å². The maximum Gasteiger partial charge on any atom is 0.319 e. The van der Waals surface area contributed by atoms with Crippen LogP contribution in [-0.4, -0.2) is 51.4 Å². The molecule has 0 unspecified atom stereocenters. The lowest BCUT2D eigenvalue weighted by Gasteiger charge is -2.22. The maximum absolute atomic E-state index is 12.4. The minimum atomic E-state index is -0.323. The fourth-order valence-corrected chi connectivity index (χ4v) is 3.52. The SMILES string of the molecule is COC(C)(C)CCNC(=O)Nc1cnc(C)c(-c2cc(-c3ccnc(NC(=O)C4CC4)c3)cnn2)c1. The van der Waals surface area contributed by atoms with Crippen molar-refractivity contribution >= 4 is 23.4 Å². The Labute approximate surface area is 210 Å². The van der Waals surface area contributed by atoms with Crippen LogP contribution >= 0.6 is 0 Å². The molecule has 10 heteroatoms. The molecule has 0 radical (unpaired) electrons. The number of carbonyl (C=O) groups is 2. The first kappa shape index (κ1) is 25.2. The van der Waals surface area contributed by atoms with Gasteiger partial charge in [0.05, 0.1) is 29.4 Å². The Hall–Kier alpha value is -3.92. The number of ether oxygens (including phenoxy) is 1. The lowest BCUT2D eigenvalue weighted by molar-refractivity contribution is -0.117. The summed E-state index contributed by atoms with van der Waals surface area (Å²) < 4.78 is 5.38. The molecular formula is C26H31N7O3. The van der Waals surface area contributed by atoms with E-state index in [1.54, 1.807) is 25.7 Å². The number of rotatable bonds is 9. The molecular weight excluding hydrogens is 458 g/mol. The zero-order valence-corrected chi connectivity index (χ0v) is 21.0. The maximum atomic E-state index is 12.4. The van der Waals surface area contributed by atoms with Gasteiger partial charge in [-0.3, -0.25) is 9.78 Å². The number of urea groups is 1. The van der Waals surface area contributed by atoms with E-state index in [0.717, 1.165) is 35.2 Å². The number of methoxy groups -OCH3 is 1. The van der Waals surface area contributed by atoms with Crippen molar-refractivity contribution < 1.29 is 14.3 Å². The standard InChI is InChI=1S/C26H31N7O3/c1-16-21(13-20(15-29-16)31-25(35)28-10-8-26(2,3)36-4)22-11-19(14-30-33-22)18-7-9-27-23(12-18)32-24(34)17-5-6-17/h7,9,11-15,17H,5-6,8,10H2,1-4H3,(H,27,32,34)(H2,28,31,35). The topological polar surface area (TPSA) is 131 Å². The minimum Gasteiger partial charge on any atom is -0.379 e. The Bertz CT molecular complexity index is 1260. The van der Waals surface area contributed by atoms with Gasteiger partial charge >= 0.3 is 6.03 Å². The number of pyridine rings is 2. The monoisotopic (exact) mass is 489 g/mol. The molecule has 1 aliphatic rings. The van der Waals surface area contributed by atoms with Crippen LogP contribution in [-0.2, 0) is 9.53 Å². The molecule has 36 heavy (non-hydrogen) atoms. The van der Waals surface area contributed by atoms with E-state index >= 15 is 0 Å². The van der Waals surface area contributed by atoms with Crippen molar-refractivity contribution in [2.24, 2.45) is 5.92 Å². The predicted octanol–water partition coefficient (Wildman–Crippen LogP) is 4.19. The third-order valence-corrected chi connectivity index (χ3v) is 6.13. The molecule has 0 atom stereocenters. The molecule has 3 heterocycles. The summed E-state index contributed by atoms with van der Waals surface area (Å²) in [4.78, 5) is 33.1. The van der Waals surface area contributed by atoms with E-state index in [-0.39, 0.29) is 23.5 Å². The van der Waals surface area contributed by atoms with E-state index in [4.69, 9.17) is 4.74 Å². The number of aromatic nitrogens is 4. The van der Waals surface area contributed by atoms with Crippen LogP contribution < -0.4 is 16.0 Å². The van der Waals surface area contributed by atoms with Crippen molar-refractivity contribution in [3.8, 4) is 22.4 Å². The van der Waals surface area contributed by atoms with Gasteiger partial charge < -0.3 is 20.7 Å². The van der Waals surface area contributed by atoms with Crippen LogP contribution in [0.15, 0.2) is 42.9 Å². The van der Waals surface area contributed by atoms with Crippen molar-refractivity contribution in [3.63, 3.8) is 0 Å². The molecule has 0 aromatic carbocycles. The molecule has 0 spiro atoms. The van der Waals surface area contributed by atoms with Crippen LogP contribution in [0.1, 0.15) is 38.8 Å². The summed E-state index contributed by atoms with van der Waals surface area (Å²) in [5, 5.41) is 17.0. The Morgan fingerprint density at radius 3 is 2.64 bits per heavy atom. The van der Waals surface area contributed by atoms with E-state index in [1.807, 2.05) is 45.0 Å². The second-order valence-electron chi connectivity index (χ2n) is 9.47. The first-order chi connectivity index (χ1) is 17.2. The molecule has 1 fully saturated rings. The van der Waals surface area contributed by atoms with Crippen LogP contribution in [0.5, 0.6) is 0 Å². The number of aryl methyl sites for hydroxylation is 1. The highest BCUT2D eigenvalue weighted by atomic mass is 16.5. The van der Waals surface area contributed by atoms with E-state index in [0.29, 0.717) is 30.2 Å². The van der Waals surface area contributed by atoms with Crippen LogP contribution in [0.3, 0.4) is 0 Å². The van der Waals surface area contributed by atoms with Gasteiger partial charge in [-0.1, -0.05) is 0 Å². The first-order valence-corrected chi connectivity index (χ1v) is 11.9. The van der Waals surface area contributed by atoms with E-state index in [9.17, 15) is 9.59 Å². The fraction of sp³-hybridized carbons (Fsp3) is 0.385. The van der Waals surface area contributed by atoms with Gasteiger partial charge in [0.1, 0.15) is 5.82 Å². The molecule has 3 N–H and O–H groups in total. The van der Waals surface area contributed by atoms with Crippen LogP contribution in [0.4, 0.5) is 16.3 Å². The molecule has 3 amide bonds. The lowest BCUT2D eigenvalue weighted by atomic mass is 10.0. The molecule has 3 aromatic rings. The van der Waals surface area contributed by atoms with Gasteiger partial charge in [-0.2, -0.15) is 10.2 Å². The molecule has 0 saturated heterocycles. The number of nitrogens with zero attached hydrogens (tertiary/aromatic N) is 4. The number of amides is 3. The molecule has 3 aromatic heterocycles. The van der Waals surface area contributed by atoms with E-state index < -0.39 is 0 Å². The summed E-state index contributed by atoms with van der Waals surface area (Å²) in [6, 6.07) is 7.07. The molecule has 4 rings (SSSR count). The highest BCUT2D eigenvalue weighted by Crippen LogP contribution is 2.31. The summed E-state index contributed by atoms with van der Waals surface area (Å²) in [6.07, 6.45) is 7.45. The van der Waals surface area contributed by atoms with Gasteiger partial charge in [0.25, 0.3) is 0 Å². The van der Waals surface area contributed by atoms with Gasteiger partial charge in [0.15, 0.2) is 0 Å². The smallest absolute Gasteiger partial charge is 0.319 e. The minimum absolute atomic E-state index is 0.00523. The van der Waals surface area contributed by atoms with Gasteiger partial charge in [-0.05, 0) is 69.9 Å². The van der Waals surface area contributed by atoms with E-state index in [1.165, 1.54) is 0 Å². The Kier molecular flexibility index (Phi) is 7.54. The molecule has 10 nitrogen and oxygen atoms in total. The first-order valence-electron chi connectivity index (χ1n) is 11.9. The molecule has 1 aliphatic carbocycles. The summed E-state index contributed by atoms with van der Waals surface area (Å²) in [5.41, 5.74) is 4.02. The summed E-state index contributed by atoms with van der Waals surface area (Å²) in [6.45, 7) is 6.28. The number of nitrogens with one attached hydrogen (secondary N) is 3. The number of anilines is 2. The number of hydrogen-bond acceptors (Lipinski definition) is 7. The van der Waals surface area contributed by atoms with Gasteiger partial charge in [-0.15, -0.1) is 0 Å². The molecule has 0 aliphatic heterocycles. The van der Waals surface area contributed by atoms with Crippen molar-refractivity contribution in [2.45, 2.75) is 45.6 Å². The largest absolute Gasteiger partial charge is 0.379 e. The van der Waals surface area contributed by atoms with Gasteiger partial charge in [-0.25, -0.2) is 9.78 Å². The highest BCUT2D eigenvalue weighted by molar-refractivity contribution is 5.93. The van der Waals surface area contributed by atoms with Crippen LogP contribution in [0, 0.1) is 12.8 Å². The molecule has 188 valence electrons. The summed E-state index contributed by atoms with van der Waals surface area (Å²) in [7, 11) is 1.65. The van der Waals surface area contributed by atoms with E-state index in [2.05, 4.69) is 36.1 Å². The van der Waals surface area contributed by atoms with Crippen molar-refractivity contribution in [1.82, 2.24) is 25.5 Å². The van der Waals surface area contributed by atoms with Gasteiger partial charge in [0, 0.05) is 42.6 Å². The average molecular weight is 490 g/mol. The third-order valence-electron chi connectivity index (χ3n) is 6.13. The Morgan fingerprint density at radius 1 is 1.08 bits per heavy atom. The zero-order chi connectivity index (χ0) is 25.7. The second-order valence-corrected chi connectivity index (χ2v) is 9.47. The second kappa shape index (κ2) is 10.8. The zero-order valence-electron chi connectivity index (χ0n) is 21.0. The normalized spacial score (nSPS) is 13.2. The predicted molar refractivity (Wildman–Crippen MR) is 137 cm³/mol. The van der Waals surface area contributed by atoms with Crippen molar-refractivity contribution in [3.05, 3.63) is 48.5 Å². The summed E-state index contributed by atoms with van der Waals surface area (Å²) in [5.74, 6) is 0.609. The lowest BCUT2D eigenvalue weighted by Crippen LogP contribution is -2.34. The number of carbonyl (C=O) groups excluding carboxylic acids is 2. The molecule has 1 saturated carbocycles. The quantitative estimate of drug-likeness (QED) is 0.411. The fourth-order valence-electron chi connectivity index (χ4n) is 3.52. The third kappa shape index (κ3) is 6.60. The number of hydrogen-bond donors (Lipinski definition) is 3. The highest BCUT2D eigenvalue weighted by Gasteiger charge is 2.29. The Morgan fingerprint density at radius 2 is 1.89 bits per heavy atom. The molecule has 0 bridgehead atoms. The van der Waals surface area contributed by atoms with Gasteiger partial charge in [0.2, 0.25) is 5.91 Å². The average Bonchev–Trinajstić information content (AvgIpc) is 3.71. The van der Waals surface area contributed by atoms with Crippen molar-refractivity contribution in [1.29, 1.82) is 0 Å². The van der Waals surface area contributed by atoms with Crippen LogP contribution in [0.2, 0.25) is 0 Å². The summed E-state index contributed by atoms with van der Waals surface area (Å²) >= 11 is 0. The Balaban J connectivity index is 1.48. The van der Waals surface area contributed by atoms with Crippen molar-refractivity contribution in [2.75, 3.05) is 24.3 Å².